The van der Waals surface area contributed by atoms with Gasteiger partial charge in [0.1, 0.15) is 6.61 Å². The number of hydrogen-bond acceptors (Lipinski definition) is 3. The predicted octanol–water partition coefficient (Wildman–Crippen LogP) is 6.78. The summed E-state index contributed by atoms with van der Waals surface area (Å²) in [6.07, 6.45) is -0.159. The summed E-state index contributed by atoms with van der Waals surface area (Å²) in [6, 6.07) is 19.3. The Hall–Kier alpha value is -3.02. The third kappa shape index (κ3) is 4.56. The van der Waals surface area contributed by atoms with Crippen molar-refractivity contribution in [3.05, 3.63) is 93.5 Å². The Kier molecular flexibility index (Phi) is 6.91. The highest BCUT2D eigenvalue weighted by Crippen LogP contribution is 2.44. The van der Waals surface area contributed by atoms with E-state index in [0.29, 0.717) is 11.4 Å². The standard InChI is InChI=1S/C26H23Cl2NO4/c1-2-13-29(24(25(30)31)21-14-16(27)11-12-23(21)28)26(32)33-15-22-19-9-5-3-7-17(19)18-8-4-6-10-20(18)22/h3-12,14,22,24H,2,13,15H2,1H3,(H,30,31). The Balaban J connectivity index is 1.61. The molecule has 0 heterocycles. The molecule has 0 saturated carbocycles. The molecule has 1 amide bonds. The van der Waals surface area contributed by atoms with Crippen molar-refractivity contribution in [1.29, 1.82) is 0 Å². The number of carboxylic acids is 1. The number of halogens is 2. The molecule has 0 saturated heterocycles. The number of carbonyl (C=O) groups is 2. The van der Waals surface area contributed by atoms with Crippen molar-refractivity contribution >= 4 is 35.3 Å². The van der Waals surface area contributed by atoms with Gasteiger partial charge in [-0.15, -0.1) is 0 Å². The summed E-state index contributed by atoms with van der Waals surface area (Å²) in [5.74, 6) is -1.33. The van der Waals surface area contributed by atoms with Crippen LogP contribution in [0.15, 0.2) is 66.7 Å². The van der Waals surface area contributed by atoms with Crippen molar-refractivity contribution in [2.45, 2.75) is 25.3 Å². The first-order valence-corrected chi connectivity index (χ1v) is 11.5. The van der Waals surface area contributed by atoms with Crippen LogP contribution in [-0.4, -0.2) is 35.2 Å². The number of aliphatic carboxylic acids is 1. The van der Waals surface area contributed by atoms with Crippen LogP contribution in [0.25, 0.3) is 11.1 Å². The lowest BCUT2D eigenvalue weighted by atomic mass is 9.98. The second-order valence-corrected chi connectivity index (χ2v) is 8.75. The third-order valence-corrected chi connectivity index (χ3v) is 6.41. The number of rotatable bonds is 7. The molecule has 33 heavy (non-hydrogen) atoms. The SMILES string of the molecule is CCCN(C(=O)OCC1c2ccccc2-c2ccccc21)C(C(=O)O)c1cc(Cl)ccc1Cl. The van der Waals surface area contributed by atoms with E-state index in [1.165, 1.54) is 17.0 Å². The van der Waals surface area contributed by atoms with E-state index in [1.807, 2.05) is 43.3 Å². The van der Waals surface area contributed by atoms with Crippen LogP contribution in [-0.2, 0) is 9.53 Å². The van der Waals surface area contributed by atoms with Gasteiger partial charge >= 0.3 is 12.1 Å². The summed E-state index contributed by atoms with van der Waals surface area (Å²) in [7, 11) is 0. The fraction of sp³-hybridized carbons (Fsp3) is 0.231. The number of benzene rings is 3. The fourth-order valence-corrected chi connectivity index (χ4v) is 4.80. The Labute approximate surface area is 202 Å². The molecule has 5 nitrogen and oxygen atoms in total. The summed E-state index contributed by atoms with van der Waals surface area (Å²) < 4.78 is 5.72. The molecule has 3 aromatic carbocycles. The Morgan fingerprint density at radius 2 is 1.61 bits per heavy atom. The van der Waals surface area contributed by atoms with Gasteiger partial charge in [-0.2, -0.15) is 0 Å². The van der Waals surface area contributed by atoms with Crippen molar-refractivity contribution in [2.24, 2.45) is 0 Å². The molecule has 1 aliphatic rings. The van der Waals surface area contributed by atoms with Gasteiger partial charge in [-0.25, -0.2) is 9.59 Å². The van der Waals surface area contributed by atoms with Crippen LogP contribution in [0.4, 0.5) is 4.79 Å². The number of ether oxygens (including phenoxy) is 1. The van der Waals surface area contributed by atoms with Crippen LogP contribution in [0, 0.1) is 0 Å². The zero-order valence-electron chi connectivity index (χ0n) is 18.0. The van der Waals surface area contributed by atoms with E-state index in [0.717, 1.165) is 22.3 Å². The molecule has 3 aromatic rings. The minimum absolute atomic E-state index is 0.0999. The van der Waals surface area contributed by atoms with Crippen molar-refractivity contribution in [2.75, 3.05) is 13.2 Å². The molecule has 1 unspecified atom stereocenters. The number of carboxylic acid groups (broad SMARTS) is 1. The molecule has 0 aliphatic heterocycles. The highest BCUT2D eigenvalue weighted by Gasteiger charge is 2.35. The molecule has 1 N–H and O–H groups in total. The Morgan fingerprint density at radius 1 is 1.00 bits per heavy atom. The second-order valence-electron chi connectivity index (χ2n) is 7.90. The van der Waals surface area contributed by atoms with Crippen LogP contribution >= 0.6 is 23.2 Å². The maximum absolute atomic E-state index is 13.2. The molecule has 0 bridgehead atoms. The lowest BCUT2D eigenvalue weighted by Gasteiger charge is -2.29. The van der Waals surface area contributed by atoms with Gasteiger partial charge < -0.3 is 9.84 Å². The van der Waals surface area contributed by atoms with Crippen molar-refractivity contribution in [3.63, 3.8) is 0 Å². The van der Waals surface area contributed by atoms with Crippen LogP contribution in [0.5, 0.6) is 0 Å². The normalized spacial score (nSPS) is 13.2. The largest absolute Gasteiger partial charge is 0.479 e. The molecule has 7 heteroatoms. The third-order valence-electron chi connectivity index (χ3n) is 5.83. The summed E-state index contributed by atoms with van der Waals surface area (Å²) in [5.41, 5.74) is 4.66. The number of amides is 1. The summed E-state index contributed by atoms with van der Waals surface area (Å²) in [6.45, 7) is 2.15. The van der Waals surface area contributed by atoms with Crippen LogP contribution < -0.4 is 0 Å². The average Bonchev–Trinajstić information content (AvgIpc) is 3.13. The van der Waals surface area contributed by atoms with Gasteiger partial charge in [0.2, 0.25) is 0 Å². The van der Waals surface area contributed by atoms with Gasteiger partial charge in [0.25, 0.3) is 0 Å². The maximum atomic E-state index is 13.2. The van der Waals surface area contributed by atoms with E-state index < -0.39 is 18.1 Å². The van der Waals surface area contributed by atoms with Gasteiger partial charge in [0.15, 0.2) is 6.04 Å². The molecule has 4 rings (SSSR count). The second kappa shape index (κ2) is 9.86. The van der Waals surface area contributed by atoms with Gasteiger partial charge in [-0.3, -0.25) is 4.90 Å². The fourth-order valence-electron chi connectivity index (χ4n) is 4.40. The van der Waals surface area contributed by atoms with Crippen LogP contribution in [0.2, 0.25) is 10.0 Å². The minimum Gasteiger partial charge on any atom is -0.479 e. The summed E-state index contributed by atoms with van der Waals surface area (Å²) in [4.78, 5) is 26.6. The molecule has 0 aromatic heterocycles. The molecule has 0 spiro atoms. The first kappa shape index (κ1) is 23.1. The monoisotopic (exact) mass is 483 g/mol. The van der Waals surface area contributed by atoms with Gasteiger partial charge in [0, 0.05) is 28.1 Å². The Morgan fingerprint density at radius 3 is 2.18 bits per heavy atom. The minimum atomic E-state index is -1.31. The van der Waals surface area contributed by atoms with E-state index in [9.17, 15) is 14.7 Å². The average molecular weight is 484 g/mol. The van der Waals surface area contributed by atoms with Crippen molar-refractivity contribution in [1.82, 2.24) is 4.90 Å². The van der Waals surface area contributed by atoms with Gasteiger partial charge in [-0.1, -0.05) is 78.7 Å². The predicted molar refractivity (Wildman–Crippen MR) is 129 cm³/mol. The van der Waals surface area contributed by atoms with E-state index >= 15 is 0 Å². The van der Waals surface area contributed by atoms with E-state index in [4.69, 9.17) is 27.9 Å². The first-order valence-electron chi connectivity index (χ1n) is 10.7. The number of hydrogen-bond donors (Lipinski definition) is 1. The zero-order valence-corrected chi connectivity index (χ0v) is 19.5. The molecule has 0 fully saturated rings. The van der Waals surface area contributed by atoms with Crippen LogP contribution in [0.3, 0.4) is 0 Å². The van der Waals surface area contributed by atoms with E-state index in [-0.39, 0.29) is 29.7 Å². The molecule has 0 radical (unpaired) electrons. The Bertz CT molecular complexity index is 1150. The quantitative estimate of drug-likeness (QED) is 0.402. The number of nitrogens with zero attached hydrogens (tertiary/aromatic N) is 1. The van der Waals surface area contributed by atoms with Gasteiger partial charge in [0.05, 0.1) is 0 Å². The van der Waals surface area contributed by atoms with Crippen molar-refractivity contribution in [3.8, 4) is 11.1 Å². The summed E-state index contributed by atoms with van der Waals surface area (Å²) in [5, 5.41) is 10.5. The van der Waals surface area contributed by atoms with Gasteiger partial charge in [-0.05, 0) is 46.9 Å². The lowest BCUT2D eigenvalue weighted by molar-refractivity contribution is -0.143. The molecule has 1 atom stereocenters. The zero-order chi connectivity index (χ0) is 23.5. The topological polar surface area (TPSA) is 66.8 Å². The molecular weight excluding hydrogens is 461 g/mol. The smallest absolute Gasteiger partial charge is 0.410 e. The van der Waals surface area contributed by atoms with E-state index in [2.05, 4.69) is 12.1 Å². The van der Waals surface area contributed by atoms with Crippen molar-refractivity contribution < 1.29 is 19.4 Å². The molecular formula is C26H23Cl2NO4. The summed E-state index contributed by atoms with van der Waals surface area (Å²) >= 11 is 12.4. The number of fused-ring (bicyclic) bond motifs is 3. The first-order chi connectivity index (χ1) is 15.9. The molecule has 1 aliphatic carbocycles. The highest BCUT2D eigenvalue weighted by molar-refractivity contribution is 6.33. The maximum Gasteiger partial charge on any atom is 0.410 e. The lowest BCUT2D eigenvalue weighted by Crippen LogP contribution is -2.40. The van der Waals surface area contributed by atoms with Crippen LogP contribution in [0.1, 0.15) is 42.0 Å². The van der Waals surface area contributed by atoms with E-state index in [1.54, 1.807) is 6.07 Å². The highest BCUT2D eigenvalue weighted by atomic mass is 35.5. The number of carbonyl (C=O) groups excluding carboxylic acids is 1. The molecule has 170 valence electrons.